The number of para-hydroxylation sites is 1. The van der Waals surface area contributed by atoms with Crippen molar-refractivity contribution in [1.82, 2.24) is 25.3 Å². The van der Waals surface area contributed by atoms with Crippen LogP contribution in [-0.4, -0.2) is 26.0 Å². The quantitative estimate of drug-likeness (QED) is 0.788. The number of nitrogens with one attached hydrogen (secondary N) is 1. The molecule has 0 unspecified atom stereocenters. The van der Waals surface area contributed by atoms with Crippen LogP contribution in [0.25, 0.3) is 16.7 Å². The first-order valence-corrected chi connectivity index (χ1v) is 6.73. The maximum atomic E-state index is 4.38. The third-order valence-corrected chi connectivity index (χ3v) is 3.09. The van der Waals surface area contributed by atoms with Crippen molar-refractivity contribution in [3.8, 4) is 5.69 Å². The van der Waals surface area contributed by atoms with Crippen molar-refractivity contribution in [2.75, 3.05) is 0 Å². The Morgan fingerprint density at radius 2 is 2.05 bits per heavy atom. The highest BCUT2D eigenvalue weighted by atomic mass is 15.4. The molecule has 0 aliphatic rings. The highest BCUT2D eigenvalue weighted by Crippen LogP contribution is 2.15. The van der Waals surface area contributed by atoms with Crippen molar-refractivity contribution in [2.24, 2.45) is 0 Å². The summed E-state index contributed by atoms with van der Waals surface area (Å²) in [6.07, 6.45) is 1.81. The fourth-order valence-electron chi connectivity index (χ4n) is 2.06. The Bertz CT molecular complexity index is 717. The van der Waals surface area contributed by atoms with Crippen LogP contribution < -0.4 is 5.32 Å². The summed E-state index contributed by atoms with van der Waals surface area (Å²) in [5.74, 6) is 0. The number of hydrogen-bond acceptors (Lipinski definition) is 4. The van der Waals surface area contributed by atoms with Gasteiger partial charge in [0.05, 0.1) is 16.9 Å². The third kappa shape index (κ3) is 2.53. The molecule has 0 fully saturated rings. The van der Waals surface area contributed by atoms with Gasteiger partial charge in [-0.3, -0.25) is 4.98 Å². The molecule has 0 spiro atoms. The molecule has 0 saturated carbocycles. The van der Waals surface area contributed by atoms with Crippen molar-refractivity contribution >= 4 is 11.0 Å². The van der Waals surface area contributed by atoms with Crippen molar-refractivity contribution in [1.29, 1.82) is 0 Å². The standard InChI is InChI=1S/C15H17N5/c1-11(2)17-10-12-9-13(7-8-16-12)20-15-6-4-3-5-14(15)18-19-20/h3-9,11,17H,10H2,1-2H3. The molecule has 0 bridgehead atoms. The molecule has 0 aliphatic heterocycles. The lowest BCUT2D eigenvalue weighted by molar-refractivity contribution is 0.581. The van der Waals surface area contributed by atoms with Crippen molar-refractivity contribution in [3.05, 3.63) is 48.3 Å². The van der Waals surface area contributed by atoms with Gasteiger partial charge >= 0.3 is 0 Å². The Morgan fingerprint density at radius 3 is 2.90 bits per heavy atom. The first-order valence-electron chi connectivity index (χ1n) is 6.73. The second-order valence-electron chi connectivity index (χ2n) is 5.03. The van der Waals surface area contributed by atoms with E-state index < -0.39 is 0 Å². The molecule has 0 saturated heterocycles. The van der Waals surface area contributed by atoms with Crippen LogP contribution in [0.4, 0.5) is 0 Å². The summed E-state index contributed by atoms with van der Waals surface area (Å²) >= 11 is 0. The van der Waals surface area contributed by atoms with Crippen LogP contribution in [0.15, 0.2) is 42.6 Å². The lowest BCUT2D eigenvalue weighted by atomic mass is 10.2. The van der Waals surface area contributed by atoms with Crippen LogP contribution in [0.2, 0.25) is 0 Å². The van der Waals surface area contributed by atoms with Crippen molar-refractivity contribution < 1.29 is 0 Å². The van der Waals surface area contributed by atoms with Crippen LogP contribution in [0, 0.1) is 0 Å². The summed E-state index contributed by atoms with van der Waals surface area (Å²) in [4.78, 5) is 4.38. The minimum absolute atomic E-state index is 0.438. The topological polar surface area (TPSA) is 55.6 Å². The number of aromatic nitrogens is 4. The number of hydrogen-bond donors (Lipinski definition) is 1. The molecule has 0 atom stereocenters. The summed E-state index contributed by atoms with van der Waals surface area (Å²) in [5, 5.41) is 11.8. The first-order chi connectivity index (χ1) is 9.74. The molecule has 0 radical (unpaired) electrons. The van der Waals surface area contributed by atoms with E-state index in [1.807, 2.05) is 47.3 Å². The monoisotopic (exact) mass is 267 g/mol. The largest absolute Gasteiger partial charge is 0.309 e. The van der Waals surface area contributed by atoms with E-state index in [9.17, 15) is 0 Å². The van der Waals surface area contributed by atoms with Crippen molar-refractivity contribution in [3.63, 3.8) is 0 Å². The second-order valence-corrected chi connectivity index (χ2v) is 5.03. The van der Waals surface area contributed by atoms with Gasteiger partial charge in [-0.05, 0) is 24.3 Å². The van der Waals surface area contributed by atoms with Gasteiger partial charge in [0, 0.05) is 18.8 Å². The Hall–Kier alpha value is -2.27. The Labute approximate surface area is 117 Å². The number of rotatable bonds is 4. The molecule has 3 rings (SSSR count). The van der Waals surface area contributed by atoms with Gasteiger partial charge in [0.15, 0.2) is 0 Å². The fraction of sp³-hybridized carbons (Fsp3) is 0.267. The van der Waals surface area contributed by atoms with E-state index in [0.717, 1.165) is 29.0 Å². The van der Waals surface area contributed by atoms with Gasteiger partial charge in [-0.25, -0.2) is 4.68 Å². The minimum Gasteiger partial charge on any atom is -0.309 e. The molecule has 5 heteroatoms. The lowest BCUT2D eigenvalue weighted by Crippen LogP contribution is -2.22. The van der Waals surface area contributed by atoms with Gasteiger partial charge in [0.25, 0.3) is 0 Å². The lowest BCUT2D eigenvalue weighted by Gasteiger charge is -2.08. The van der Waals surface area contributed by atoms with Gasteiger partial charge in [-0.1, -0.05) is 31.2 Å². The fourth-order valence-corrected chi connectivity index (χ4v) is 2.06. The Morgan fingerprint density at radius 1 is 1.20 bits per heavy atom. The summed E-state index contributed by atoms with van der Waals surface area (Å²) < 4.78 is 1.84. The van der Waals surface area contributed by atoms with Gasteiger partial charge in [-0.2, -0.15) is 0 Å². The number of fused-ring (bicyclic) bond motifs is 1. The van der Waals surface area contributed by atoms with Crippen LogP contribution >= 0.6 is 0 Å². The molecular formula is C15H17N5. The highest BCUT2D eigenvalue weighted by Gasteiger charge is 2.06. The molecule has 3 aromatic rings. The Kier molecular flexibility index (Phi) is 3.43. The Balaban J connectivity index is 1.95. The predicted molar refractivity (Wildman–Crippen MR) is 78.6 cm³/mol. The van der Waals surface area contributed by atoms with Crippen LogP contribution in [0.1, 0.15) is 19.5 Å². The van der Waals surface area contributed by atoms with Crippen molar-refractivity contribution in [2.45, 2.75) is 26.4 Å². The maximum Gasteiger partial charge on any atom is 0.113 e. The first kappa shape index (κ1) is 12.7. The molecule has 1 N–H and O–H groups in total. The molecule has 2 heterocycles. The number of nitrogens with zero attached hydrogens (tertiary/aromatic N) is 4. The SMILES string of the molecule is CC(C)NCc1cc(-n2nnc3ccccc32)ccn1. The van der Waals surface area contributed by atoms with E-state index in [-0.39, 0.29) is 0 Å². The maximum absolute atomic E-state index is 4.38. The average molecular weight is 267 g/mol. The van der Waals surface area contributed by atoms with E-state index >= 15 is 0 Å². The third-order valence-electron chi connectivity index (χ3n) is 3.09. The van der Waals surface area contributed by atoms with Crippen LogP contribution in [0.5, 0.6) is 0 Å². The van der Waals surface area contributed by atoms with Crippen LogP contribution in [-0.2, 0) is 6.54 Å². The molecule has 0 amide bonds. The zero-order valence-corrected chi connectivity index (χ0v) is 11.6. The van der Waals surface area contributed by atoms with E-state index in [0.29, 0.717) is 6.04 Å². The smallest absolute Gasteiger partial charge is 0.113 e. The zero-order valence-electron chi connectivity index (χ0n) is 11.6. The number of benzene rings is 1. The minimum atomic E-state index is 0.438. The summed E-state index contributed by atoms with van der Waals surface area (Å²) in [5.41, 5.74) is 3.87. The number of pyridine rings is 1. The van der Waals surface area contributed by atoms with Gasteiger partial charge in [0.2, 0.25) is 0 Å². The van der Waals surface area contributed by atoms with E-state index in [2.05, 4.69) is 34.5 Å². The summed E-state index contributed by atoms with van der Waals surface area (Å²) in [6, 6.07) is 12.4. The molecular weight excluding hydrogens is 250 g/mol. The zero-order chi connectivity index (χ0) is 13.9. The van der Waals surface area contributed by atoms with E-state index in [1.54, 1.807) is 0 Å². The molecule has 2 aromatic heterocycles. The average Bonchev–Trinajstić information content (AvgIpc) is 2.89. The van der Waals surface area contributed by atoms with Gasteiger partial charge < -0.3 is 5.32 Å². The van der Waals surface area contributed by atoms with E-state index in [1.165, 1.54) is 0 Å². The van der Waals surface area contributed by atoms with Gasteiger partial charge in [0.1, 0.15) is 5.52 Å². The van der Waals surface area contributed by atoms with E-state index in [4.69, 9.17) is 0 Å². The normalized spacial score (nSPS) is 11.3. The molecule has 1 aromatic carbocycles. The molecule has 20 heavy (non-hydrogen) atoms. The summed E-state index contributed by atoms with van der Waals surface area (Å²) in [6.45, 7) is 4.99. The molecule has 102 valence electrons. The highest BCUT2D eigenvalue weighted by molar-refractivity contribution is 5.75. The second kappa shape index (κ2) is 5.38. The molecule has 0 aliphatic carbocycles. The molecule has 5 nitrogen and oxygen atoms in total. The predicted octanol–water partition coefficient (Wildman–Crippen LogP) is 2.31. The van der Waals surface area contributed by atoms with Gasteiger partial charge in [-0.15, -0.1) is 5.10 Å². The van der Waals surface area contributed by atoms with Crippen LogP contribution in [0.3, 0.4) is 0 Å². The summed E-state index contributed by atoms with van der Waals surface area (Å²) in [7, 11) is 0.